The zero-order chi connectivity index (χ0) is 15.2. The highest BCUT2D eigenvalue weighted by Gasteiger charge is 2.17. The molecule has 1 aromatic carbocycles. The van der Waals surface area contributed by atoms with Gasteiger partial charge in [0.25, 0.3) is 0 Å². The van der Waals surface area contributed by atoms with Crippen LogP contribution < -0.4 is 5.73 Å². The molecular weight excluding hydrogens is 276 g/mol. The van der Waals surface area contributed by atoms with Crippen LogP contribution in [-0.4, -0.2) is 62.7 Å². The Morgan fingerprint density at radius 2 is 1.90 bits per heavy atom. The first-order chi connectivity index (χ1) is 9.28. The summed E-state index contributed by atoms with van der Waals surface area (Å²) in [5, 5.41) is 10.1. The normalized spacial score (nSPS) is 15.2. The molecule has 0 aliphatic rings. The summed E-state index contributed by atoms with van der Waals surface area (Å²) in [5.41, 5.74) is 7.07. The SMILES string of the molecule is CN(CCS(C)(=O)=O)CC(O)C(N)Cc1ccccc1. The number of nitrogens with zero attached hydrogens (tertiary/aromatic N) is 1. The fourth-order valence-corrected chi connectivity index (χ4v) is 2.53. The summed E-state index contributed by atoms with van der Waals surface area (Å²) in [6.07, 6.45) is 1.13. The van der Waals surface area contributed by atoms with Crippen molar-refractivity contribution in [2.24, 2.45) is 5.73 Å². The molecule has 0 saturated carbocycles. The molecule has 0 bridgehead atoms. The van der Waals surface area contributed by atoms with Crippen molar-refractivity contribution < 1.29 is 13.5 Å². The first kappa shape index (κ1) is 17.1. The van der Waals surface area contributed by atoms with E-state index in [1.807, 2.05) is 30.3 Å². The van der Waals surface area contributed by atoms with Crippen molar-refractivity contribution in [3.05, 3.63) is 35.9 Å². The Morgan fingerprint density at radius 3 is 2.45 bits per heavy atom. The van der Waals surface area contributed by atoms with E-state index >= 15 is 0 Å². The first-order valence-corrected chi connectivity index (χ1v) is 8.68. The molecule has 0 spiro atoms. The summed E-state index contributed by atoms with van der Waals surface area (Å²) >= 11 is 0. The van der Waals surface area contributed by atoms with E-state index in [0.29, 0.717) is 19.5 Å². The minimum atomic E-state index is -2.98. The highest BCUT2D eigenvalue weighted by molar-refractivity contribution is 7.90. The monoisotopic (exact) mass is 300 g/mol. The maximum atomic E-state index is 11.1. The Labute approximate surface area is 121 Å². The highest BCUT2D eigenvalue weighted by atomic mass is 32.2. The maximum absolute atomic E-state index is 11.1. The van der Waals surface area contributed by atoms with Gasteiger partial charge in [-0.05, 0) is 19.0 Å². The van der Waals surface area contributed by atoms with Crippen LogP contribution in [0.15, 0.2) is 30.3 Å². The van der Waals surface area contributed by atoms with Crippen molar-refractivity contribution in [1.29, 1.82) is 0 Å². The molecule has 0 heterocycles. The van der Waals surface area contributed by atoms with E-state index in [-0.39, 0.29) is 11.8 Å². The van der Waals surface area contributed by atoms with E-state index in [1.54, 1.807) is 11.9 Å². The van der Waals surface area contributed by atoms with Crippen molar-refractivity contribution in [2.45, 2.75) is 18.6 Å². The first-order valence-electron chi connectivity index (χ1n) is 6.62. The van der Waals surface area contributed by atoms with Crippen LogP contribution in [0, 0.1) is 0 Å². The Kier molecular flexibility index (Phi) is 6.61. The number of hydrogen-bond donors (Lipinski definition) is 2. The lowest BCUT2D eigenvalue weighted by molar-refractivity contribution is 0.104. The van der Waals surface area contributed by atoms with E-state index in [1.165, 1.54) is 6.26 Å². The number of aliphatic hydroxyl groups is 1. The number of nitrogens with two attached hydrogens (primary N) is 1. The van der Waals surface area contributed by atoms with Gasteiger partial charge >= 0.3 is 0 Å². The van der Waals surface area contributed by atoms with Gasteiger partial charge in [0.15, 0.2) is 0 Å². The van der Waals surface area contributed by atoms with Gasteiger partial charge in [0.1, 0.15) is 9.84 Å². The van der Waals surface area contributed by atoms with Gasteiger partial charge in [-0.25, -0.2) is 8.42 Å². The molecule has 0 radical (unpaired) electrons. The zero-order valence-corrected chi connectivity index (χ0v) is 12.9. The summed E-state index contributed by atoms with van der Waals surface area (Å²) in [4.78, 5) is 1.79. The Balaban J connectivity index is 2.39. The van der Waals surface area contributed by atoms with Gasteiger partial charge in [0.2, 0.25) is 0 Å². The minimum Gasteiger partial charge on any atom is -0.390 e. The summed E-state index contributed by atoms with van der Waals surface area (Å²) < 4.78 is 22.2. The topological polar surface area (TPSA) is 83.6 Å². The Bertz CT molecular complexity index is 490. The van der Waals surface area contributed by atoms with Crippen LogP contribution in [0.1, 0.15) is 5.56 Å². The van der Waals surface area contributed by atoms with Crippen LogP contribution in [0.4, 0.5) is 0 Å². The number of likely N-dealkylation sites (N-methyl/N-ethyl adjacent to an activating group) is 1. The molecule has 0 amide bonds. The smallest absolute Gasteiger partial charge is 0.148 e. The number of rotatable bonds is 8. The summed E-state index contributed by atoms with van der Waals surface area (Å²) in [7, 11) is -1.20. The molecule has 3 N–H and O–H groups in total. The lowest BCUT2D eigenvalue weighted by Crippen LogP contribution is -2.44. The van der Waals surface area contributed by atoms with Crippen LogP contribution in [0.3, 0.4) is 0 Å². The van der Waals surface area contributed by atoms with Crippen molar-refractivity contribution in [3.63, 3.8) is 0 Å². The van der Waals surface area contributed by atoms with Gasteiger partial charge in [-0.1, -0.05) is 30.3 Å². The average Bonchev–Trinajstić information content (AvgIpc) is 2.36. The molecule has 6 heteroatoms. The second-order valence-electron chi connectivity index (χ2n) is 5.31. The maximum Gasteiger partial charge on any atom is 0.148 e. The summed E-state index contributed by atoms with van der Waals surface area (Å²) in [6, 6.07) is 9.39. The predicted molar refractivity (Wildman–Crippen MR) is 81.3 cm³/mol. The third-order valence-electron chi connectivity index (χ3n) is 3.15. The van der Waals surface area contributed by atoms with Crippen molar-refractivity contribution in [3.8, 4) is 0 Å². The molecule has 20 heavy (non-hydrogen) atoms. The number of sulfone groups is 1. The zero-order valence-electron chi connectivity index (χ0n) is 12.1. The molecule has 1 rings (SSSR count). The largest absolute Gasteiger partial charge is 0.390 e. The fourth-order valence-electron chi connectivity index (χ4n) is 1.89. The number of aliphatic hydroxyl groups excluding tert-OH is 1. The summed E-state index contributed by atoms with van der Waals surface area (Å²) in [5.74, 6) is 0.0874. The average molecular weight is 300 g/mol. The van der Waals surface area contributed by atoms with Crippen molar-refractivity contribution in [2.75, 3.05) is 32.1 Å². The lowest BCUT2D eigenvalue weighted by Gasteiger charge is -2.24. The third kappa shape index (κ3) is 7.00. The van der Waals surface area contributed by atoms with Gasteiger partial charge in [-0.2, -0.15) is 0 Å². The second-order valence-corrected chi connectivity index (χ2v) is 7.57. The van der Waals surface area contributed by atoms with Crippen molar-refractivity contribution in [1.82, 2.24) is 4.90 Å². The fraction of sp³-hybridized carbons (Fsp3) is 0.571. The number of hydrogen-bond acceptors (Lipinski definition) is 5. The highest BCUT2D eigenvalue weighted by Crippen LogP contribution is 2.05. The van der Waals surface area contributed by atoms with E-state index in [4.69, 9.17) is 5.73 Å². The molecule has 0 fully saturated rings. The molecule has 0 aromatic heterocycles. The van der Waals surface area contributed by atoms with E-state index in [2.05, 4.69) is 0 Å². The Hall–Kier alpha value is -0.950. The molecule has 2 atom stereocenters. The van der Waals surface area contributed by atoms with Crippen LogP contribution in [0.2, 0.25) is 0 Å². The van der Waals surface area contributed by atoms with Gasteiger partial charge in [0.05, 0.1) is 11.9 Å². The van der Waals surface area contributed by atoms with E-state index in [0.717, 1.165) is 5.56 Å². The molecule has 5 nitrogen and oxygen atoms in total. The van der Waals surface area contributed by atoms with Crippen LogP contribution in [-0.2, 0) is 16.3 Å². The predicted octanol–water partition coefficient (Wildman–Crippen LogP) is -0.106. The van der Waals surface area contributed by atoms with Gasteiger partial charge < -0.3 is 15.7 Å². The minimum absolute atomic E-state index is 0.0874. The van der Waals surface area contributed by atoms with Crippen molar-refractivity contribution >= 4 is 9.84 Å². The molecule has 0 aliphatic heterocycles. The standard InChI is InChI=1S/C14H24N2O3S/c1-16(8-9-20(2,18)19)11-14(17)13(15)10-12-6-4-3-5-7-12/h3-7,13-14,17H,8-11,15H2,1-2H3. The van der Waals surface area contributed by atoms with Gasteiger partial charge in [0, 0.05) is 25.4 Å². The Morgan fingerprint density at radius 1 is 1.30 bits per heavy atom. The molecular formula is C14H24N2O3S. The van der Waals surface area contributed by atoms with E-state index < -0.39 is 15.9 Å². The van der Waals surface area contributed by atoms with Gasteiger partial charge in [-0.3, -0.25) is 0 Å². The molecule has 114 valence electrons. The van der Waals surface area contributed by atoms with E-state index in [9.17, 15) is 13.5 Å². The van der Waals surface area contributed by atoms with Gasteiger partial charge in [-0.15, -0.1) is 0 Å². The lowest BCUT2D eigenvalue weighted by atomic mass is 10.0. The van der Waals surface area contributed by atoms with Crippen LogP contribution in [0.25, 0.3) is 0 Å². The quantitative estimate of drug-likeness (QED) is 0.700. The second kappa shape index (κ2) is 7.73. The molecule has 1 aromatic rings. The van der Waals surface area contributed by atoms with Crippen LogP contribution >= 0.6 is 0 Å². The number of benzene rings is 1. The molecule has 2 unspecified atom stereocenters. The molecule has 0 aliphatic carbocycles. The third-order valence-corrected chi connectivity index (χ3v) is 4.08. The van der Waals surface area contributed by atoms with Crippen LogP contribution in [0.5, 0.6) is 0 Å². The molecule has 0 saturated heterocycles. The summed E-state index contributed by atoms with van der Waals surface area (Å²) in [6.45, 7) is 0.761.